The zero-order valence-electron chi connectivity index (χ0n) is 17.6. The molecule has 1 aliphatic heterocycles. The number of halogens is 6. The van der Waals surface area contributed by atoms with Gasteiger partial charge in [0.15, 0.2) is 0 Å². The van der Waals surface area contributed by atoms with Crippen molar-refractivity contribution in [2.75, 3.05) is 10.7 Å². The number of urea groups is 1. The lowest BCUT2D eigenvalue weighted by Crippen LogP contribution is -2.42. The fourth-order valence-electron chi connectivity index (χ4n) is 3.45. The van der Waals surface area contributed by atoms with E-state index in [0.717, 1.165) is 12.1 Å². The minimum Gasteiger partial charge on any atom is -0.374 e. The Bertz CT molecular complexity index is 1270. The van der Waals surface area contributed by atoms with Gasteiger partial charge in [0.1, 0.15) is 0 Å². The highest BCUT2D eigenvalue weighted by Gasteiger charge is 2.62. The maximum atomic E-state index is 14.2. The molecule has 4 rings (SSSR count). The number of amides is 2. The van der Waals surface area contributed by atoms with E-state index in [0.29, 0.717) is 11.3 Å². The molecule has 35 heavy (non-hydrogen) atoms. The topological polar surface area (TPSA) is 74.8 Å². The summed E-state index contributed by atoms with van der Waals surface area (Å²) in [5, 5.41) is 6.62. The van der Waals surface area contributed by atoms with Crippen LogP contribution in [-0.2, 0) is 10.4 Å². The van der Waals surface area contributed by atoms with Gasteiger partial charge in [-0.1, -0.05) is 64.2 Å². The van der Waals surface area contributed by atoms with Crippen LogP contribution in [0.1, 0.15) is 17.5 Å². The van der Waals surface area contributed by atoms with Gasteiger partial charge in [0.25, 0.3) is 5.60 Å². The Morgan fingerprint density at radius 1 is 0.971 bits per heavy atom. The SMILES string of the molecule is O=C(NNc1cc(C2=NOC(c3cc(Cl)cc(Cl)c3)(C(F)(F)F)C2)ccc1Cl)Nc1ccccc1. The Morgan fingerprint density at radius 2 is 1.66 bits per heavy atom. The number of para-hydroxylation sites is 1. The Kier molecular flexibility index (Phi) is 7.02. The molecule has 2 amide bonds. The Balaban J connectivity index is 1.53. The zero-order chi connectivity index (χ0) is 25.2. The Hall–Kier alpha value is -3.14. The van der Waals surface area contributed by atoms with Crippen LogP contribution in [0, 0.1) is 0 Å². The lowest BCUT2D eigenvalue weighted by atomic mass is 9.86. The largest absolute Gasteiger partial charge is 0.435 e. The highest BCUT2D eigenvalue weighted by molar-refractivity contribution is 6.34. The quantitative estimate of drug-likeness (QED) is 0.294. The number of carbonyl (C=O) groups excluding carboxylic acids is 1. The normalized spacial score (nSPS) is 17.4. The number of hydrazine groups is 1. The van der Waals surface area contributed by atoms with Crippen LogP contribution >= 0.6 is 34.8 Å². The zero-order valence-corrected chi connectivity index (χ0v) is 19.9. The van der Waals surface area contributed by atoms with Gasteiger partial charge in [-0.05, 0) is 42.5 Å². The maximum Gasteiger partial charge on any atom is 0.435 e. The molecule has 12 heteroatoms. The number of hydrogen-bond donors (Lipinski definition) is 3. The molecule has 1 heterocycles. The number of rotatable bonds is 5. The number of nitrogens with one attached hydrogen (secondary N) is 3. The number of oxime groups is 1. The van der Waals surface area contributed by atoms with Crippen molar-refractivity contribution in [3.63, 3.8) is 0 Å². The van der Waals surface area contributed by atoms with Crippen LogP contribution in [0.25, 0.3) is 0 Å². The van der Waals surface area contributed by atoms with E-state index in [1.807, 2.05) is 0 Å². The minimum absolute atomic E-state index is 0.0203. The van der Waals surface area contributed by atoms with E-state index < -0.39 is 24.2 Å². The summed E-state index contributed by atoms with van der Waals surface area (Å²) in [6, 6.07) is 16.2. The van der Waals surface area contributed by atoms with Gasteiger partial charge in [-0.3, -0.25) is 10.9 Å². The van der Waals surface area contributed by atoms with Gasteiger partial charge in [-0.15, -0.1) is 0 Å². The van der Waals surface area contributed by atoms with E-state index in [9.17, 15) is 18.0 Å². The van der Waals surface area contributed by atoms with Crippen LogP contribution in [-0.4, -0.2) is 17.9 Å². The fraction of sp³-hybridized carbons (Fsp3) is 0.130. The fourth-order valence-corrected chi connectivity index (χ4v) is 4.14. The van der Waals surface area contributed by atoms with Crippen LogP contribution in [0.5, 0.6) is 0 Å². The summed E-state index contributed by atoms with van der Waals surface area (Å²) < 4.78 is 42.6. The molecule has 182 valence electrons. The van der Waals surface area contributed by atoms with Gasteiger partial charge in [-0.25, -0.2) is 4.79 Å². The van der Waals surface area contributed by atoms with Crippen molar-refractivity contribution in [3.8, 4) is 0 Å². The van der Waals surface area contributed by atoms with Crippen LogP contribution < -0.4 is 16.2 Å². The predicted octanol–water partition coefficient (Wildman–Crippen LogP) is 7.38. The number of alkyl halides is 3. The molecule has 3 aromatic carbocycles. The molecule has 0 aromatic heterocycles. The number of nitrogens with zero attached hydrogens (tertiary/aromatic N) is 1. The first-order valence-corrected chi connectivity index (χ1v) is 11.2. The van der Waals surface area contributed by atoms with Crippen LogP contribution in [0.3, 0.4) is 0 Å². The second kappa shape index (κ2) is 9.85. The molecular formula is C23H16Cl3F3N4O2. The first kappa shape index (κ1) is 25.0. The van der Waals surface area contributed by atoms with Crippen molar-refractivity contribution in [2.24, 2.45) is 5.16 Å². The van der Waals surface area contributed by atoms with Gasteiger partial charge >= 0.3 is 12.2 Å². The van der Waals surface area contributed by atoms with E-state index >= 15 is 0 Å². The summed E-state index contributed by atoms with van der Waals surface area (Å²) in [6.07, 6.45) is -5.45. The van der Waals surface area contributed by atoms with E-state index in [1.54, 1.807) is 30.3 Å². The van der Waals surface area contributed by atoms with Crippen molar-refractivity contribution in [1.29, 1.82) is 0 Å². The van der Waals surface area contributed by atoms with Crippen molar-refractivity contribution in [3.05, 3.63) is 92.9 Å². The summed E-state index contributed by atoms with van der Waals surface area (Å²) in [7, 11) is 0. The Labute approximate surface area is 213 Å². The van der Waals surface area contributed by atoms with E-state index in [1.165, 1.54) is 24.3 Å². The molecule has 6 nitrogen and oxygen atoms in total. The van der Waals surface area contributed by atoms with Crippen molar-refractivity contribution in [1.82, 2.24) is 5.43 Å². The molecule has 1 atom stereocenters. The number of anilines is 2. The molecule has 0 radical (unpaired) electrons. The maximum absolute atomic E-state index is 14.2. The third-order valence-corrected chi connectivity index (χ3v) is 5.92. The molecule has 0 bridgehead atoms. The van der Waals surface area contributed by atoms with E-state index in [-0.39, 0.29) is 32.0 Å². The first-order valence-electron chi connectivity index (χ1n) is 10.0. The summed E-state index contributed by atoms with van der Waals surface area (Å²) in [5.41, 5.74) is 3.16. The standard InChI is InChI=1S/C23H16Cl3F3N4O2/c24-15-9-14(10-16(25)11-15)22(23(27,28)29)12-20(33-35-22)13-6-7-18(26)19(8-13)31-32-21(34)30-17-4-2-1-3-5-17/h1-11,31H,12H2,(H2,30,32,34). The summed E-state index contributed by atoms with van der Waals surface area (Å²) >= 11 is 18.1. The number of hydrogen-bond acceptors (Lipinski definition) is 4. The van der Waals surface area contributed by atoms with Gasteiger partial charge in [-0.2, -0.15) is 13.2 Å². The van der Waals surface area contributed by atoms with Crippen molar-refractivity contribution < 1.29 is 22.8 Å². The van der Waals surface area contributed by atoms with Gasteiger partial charge in [0.2, 0.25) is 0 Å². The second-order valence-corrected chi connectivity index (χ2v) is 8.83. The first-order chi connectivity index (χ1) is 16.6. The molecule has 0 fully saturated rings. The van der Waals surface area contributed by atoms with Crippen molar-refractivity contribution >= 4 is 57.9 Å². The molecule has 0 spiro atoms. The average molecular weight is 544 g/mol. The Morgan fingerprint density at radius 3 is 2.31 bits per heavy atom. The second-order valence-electron chi connectivity index (χ2n) is 7.55. The molecule has 1 aliphatic rings. The molecule has 3 N–H and O–H groups in total. The van der Waals surface area contributed by atoms with Gasteiger partial charge in [0, 0.05) is 33.3 Å². The summed E-state index contributed by atoms with van der Waals surface area (Å²) in [4.78, 5) is 17.1. The van der Waals surface area contributed by atoms with Gasteiger partial charge < -0.3 is 10.2 Å². The molecule has 0 saturated heterocycles. The predicted molar refractivity (Wildman–Crippen MR) is 130 cm³/mol. The number of benzene rings is 3. The smallest absolute Gasteiger partial charge is 0.374 e. The molecule has 1 unspecified atom stereocenters. The van der Waals surface area contributed by atoms with Gasteiger partial charge in [0.05, 0.1) is 16.4 Å². The lowest BCUT2D eigenvalue weighted by Gasteiger charge is -2.29. The van der Waals surface area contributed by atoms with Crippen LogP contribution in [0.15, 0.2) is 71.9 Å². The monoisotopic (exact) mass is 542 g/mol. The van der Waals surface area contributed by atoms with Crippen LogP contribution in [0.4, 0.5) is 29.3 Å². The summed E-state index contributed by atoms with van der Waals surface area (Å²) in [6.45, 7) is 0. The molecule has 0 aliphatic carbocycles. The lowest BCUT2D eigenvalue weighted by molar-refractivity contribution is -0.275. The number of carbonyl (C=O) groups is 1. The summed E-state index contributed by atoms with van der Waals surface area (Å²) in [5.74, 6) is 0. The minimum atomic E-state index is -4.82. The third kappa shape index (κ3) is 5.42. The van der Waals surface area contributed by atoms with Crippen LogP contribution in [0.2, 0.25) is 15.1 Å². The third-order valence-electron chi connectivity index (χ3n) is 5.16. The molecule has 0 saturated carbocycles. The molecular weight excluding hydrogens is 528 g/mol. The highest BCUT2D eigenvalue weighted by atomic mass is 35.5. The average Bonchev–Trinajstić information content (AvgIpc) is 3.26. The molecule has 3 aromatic rings. The highest BCUT2D eigenvalue weighted by Crippen LogP contribution is 2.49. The van der Waals surface area contributed by atoms with E-state index in [2.05, 4.69) is 21.3 Å². The van der Waals surface area contributed by atoms with E-state index in [4.69, 9.17) is 39.6 Å². The van der Waals surface area contributed by atoms with Crippen molar-refractivity contribution in [2.45, 2.75) is 18.2 Å².